The zero-order valence-corrected chi connectivity index (χ0v) is 14.1. The summed E-state index contributed by atoms with van der Waals surface area (Å²) in [6, 6.07) is 10.7. The Morgan fingerprint density at radius 2 is 1.75 bits per heavy atom. The monoisotopic (exact) mass is 393 g/mol. The van der Waals surface area contributed by atoms with Crippen LogP contribution >= 0.6 is 50.7 Å². The molecule has 2 N–H and O–H groups in total. The third-order valence-corrected chi connectivity index (χ3v) is 4.90. The maximum Gasteiger partial charge on any atom is 0.0976 e. The number of hydrogen-bond donors (Lipinski definition) is 2. The van der Waals surface area contributed by atoms with Crippen LogP contribution in [-0.4, -0.2) is 11.7 Å². The van der Waals surface area contributed by atoms with E-state index in [4.69, 9.17) is 34.8 Å². The average Bonchev–Trinajstić information content (AvgIpc) is 2.44. The van der Waals surface area contributed by atoms with Crippen molar-refractivity contribution in [2.24, 2.45) is 0 Å². The number of rotatable bonds is 4. The Kier molecular flexibility index (Phi) is 5.58. The Hall–Kier alpha value is -0.450. The van der Waals surface area contributed by atoms with E-state index in [-0.39, 0.29) is 6.54 Å². The molecule has 20 heavy (non-hydrogen) atoms. The maximum absolute atomic E-state index is 10.1. The smallest absolute Gasteiger partial charge is 0.0976 e. The number of halogens is 4. The number of aliphatic hydroxyl groups excluding tert-OH is 1. The Labute approximate surface area is 140 Å². The van der Waals surface area contributed by atoms with Crippen molar-refractivity contribution in [3.8, 4) is 0 Å². The van der Waals surface area contributed by atoms with Crippen LogP contribution in [0.25, 0.3) is 0 Å². The topological polar surface area (TPSA) is 32.3 Å². The van der Waals surface area contributed by atoms with Gasteiger partial charge in [0.2, 0.25) is 0 Å². The van der Waals surface area contributed by atoms with Gasteiger partial charge < -0.3 is 10.4 Å². The fourth-order valence-electron chi connectivity index (χ4n) is 1.72. The van der Waals surface area contributed by atoms with Crippen molar-refractivity contribution in [1.29, 1.82) is 0 Å². The molecule has 1 unspecified atom stereocenters. The van der Waals surface area contributed by atoms with Gasteiger partial charge in [0.15, 0.2) is 0 Å². The molecular weight excluding hydrogens is 384 g/mol. The lowest BCUT2D eigenvalue weighted by Crippen LogP contribution is -2.12. The molecule has 0 aliphatic carbocycles. The molecule has 0 aliphatic heterocycles. The Morgan fingerprint density at radius 1 is 1.05 bits per heavy atom. The molecule has 2 rings (SSSR count). The van der Waals surface area contributed by atoms with Gasteiger partial charge in [0.1, 0.15) is 0 Å². The summed E-state index contributed by atoms with van der Waals surface area (Å²) in [6.45, 7) is 0.279. The van der Waals surface area contributed by atoms with Crippen molar-refractivity contribution in [2.75, 3.05) is 11.9 Å². The number of aliphatic hydroxyl groups is 1. The van der Waals surface area contributed by atoms with E-state index >= 15 is 0 Å². The number of anilines is 1. The van der Waals surface area contributed by atoms with Crippen LogP contribution < -0.4 is 5.32 Å². The summed E-state index contributed by atoms with van der Waals surface area (Å²) in [5.74, 6) is 0. The summed E-state index contributed by atoms with van der Waals surface area (Å²) >= 11 is 21.5. The molecule has 0 saturated heterocycles. The van der Waals surface area contributed by atoms with Crippen LogP contribution in [0.3, 0.4) is 0 Å². The predicted octanol–water partition coefficient (Wildman–Crippen LogP) is 5.55. The number of hydrogen-bond acceptors (Lipinski definition) is 2. The van der Waals surface area contributed by atoms with Crippen LogP contribution in [0, 0.1) is 0 Å². The summed E-state index contributed by atoms with van der Waals surface area (Å²) in [5.41, 5.74) is 1.33. The quantitative estimate of drug-likeness (QED) is 0.665. The van der Waals surface area contributed by atoms with Gasteiger partial charge in [0.05, 0.1) is 21.8 Å². The van der Waals surface area contributed by atoms with E-state index in [2.05, 4.69) is 21.2 Å². The van der Waals surface area contributed by atoms with E-state index < -0.39 is 6.10 Å². The van der Waals surface area contributed by atoms with Gasteiger partial charge in [0, 0.05) is 21.6 Å². The predicted molar refractivity (Wildman–Crippen MR) is 89.1 cm³/mol. The average molecular weight is 396 g/mol. The first-order valence-corrected chi connectivity index (χ1v) is 7.73. The Morgan fingerprint density at radius 3 is 2.45 bits per heavy atom. The van der Waals surface area contributed by atoms with E-state index in [0.717, 1.165) is 4.47 Å². The Bertz CT molecular complexity index is 621. The van der Waals surface area contributed by atoms with Gasteiger partial charge in [0.25, 0.3) is 0 Å². The number of nitrogens with one attached hydrogen (secondary N) is 1. The molecule has 0 aromatic heterocycles. The molecule has 0 fully saturated rings. The maximum atomic E-state index is 10.1. The zero-order valence-electron chi connectivity index (χ0n) is 10.2. The summed E-state index contributed by atoms with van der Waals surface area (Å²) < 4.78 is 0.723. The van der Waals surface area contributed by atoms with Gasteiger partial charge in [-0.3, -0.25) is 0 Å². The standard InChI is InChI=1S/C14H11BrCl3NO/c15-9-5-6-11(14(18)13(9)17)19-7-12(20)8-3-1-2-4-10(8)16/h1-6,12,19-20H,7H2. The van der Waals surface area contributed by atoms with Crippen molar-refractivity contribution in [3.05, 3.63) is 61.5 Å². The minimum atomic E-state index is -0.734. The van der Waals surface area contributed by atoms with Gasteiger partial charge in [-0.2, -0.15) is 0 Å². The molecule has 1 atom stereocenters. The van der Waals surface area contributed by atoms with Crippen molar-refractivity contribution in [2.45, 2.75) is 6.10 Å². The molecule has 2 nitrogen and oxygen atoms in total. The largest absolute Gasteiger partial charge is 0.387 e. The first-order chi connectivity index (χ1) is 9.50. The highest BCUT2D eigenvalue weighted by Crippen LogP contribution is 2.36. The van der Waals surface area contributed by atoms with Crippen LogP contribution in [0.2, 0.25) is 15.1 Å². The van der Waals surface area contributed by atoms with Gasteiger partial charge >= 0.3 is 0 Å². The van der Waals surface area contributed by atoms with Crippen LogP contribution in [0.15, 0.2) is 40.9 Å². The van der Waals surface area contributed by atoms with Gasteiger partial charge in [-0.1, -0.05) is 53.0 Å². The highest BCUT2D eigenvalue weighted by molar-refractivity contribution is 9.10. The molecule has 6 heteroatoms. The summed E-state index contributed by atoms with van der Waals surface area (Å²) in [6.07, 6.45) is -0.734. The summed E-state index contributed by atoms with van der Waals surface area (Å²) in [5, 5.41) is 14.6. The van der Waals surface area contributed by atoms with Gasteiger partial charge in [-0.05, 0) is 34.1 Å². The molecule has 2 aromatic carbocycles. The molecule has 0 heterocycles. The number of benzene rings is 2. The van der Waals surface area contributed by atoms with Crippen LogP contribution in [0.1, 0.15) is 11.7 Å². The lowest BCUT2D eigenvalue weighted by atomic mass is 10.1. The van der Waals surface area contributed by atoms with E-state index in [1.54, 1.807) is 24.3 Å². The van der Waals surface area contributed by atoms with E-state index in [1.165, 1.54) is 0 Å². The Balaban J connectivity index is 2.10. The van der Waals surface area contributed by atoms with Gasteiger partial charge in [-0.15, -0.1) is 0 Å². The summed E-state index contributed by atoms with van der Waals surface area (Å²) in [7, 11) is 0. The molecule has 0 bridgehead atoms. The van der Waals surface area contributed by atoms with E-state index in [0.29, 0.717) is 26.3 Å². The summed E-state index contributed by atoms with van der Waals surface area (Å²) in [4.78, 5) is 0. The third-order valence-electron chi connectivity index (χ3n) is 2.79. The second kappa shape index (κ2) is 7.01. The zero-order chi connectivity index (χ0) is 14.7. The minimum absolute atomic E-state index is 0.279. The molecule has 0 spiro atoms. The highest BCUT2D eigenvalue weighted by Gasteiger charge is 2.13. The van der Waals surface area contributed by atoms with Crippen molar-refractivity contribution < 1.29 is 5.11 Å². The lowest BCUT2D eigenvalue weighted by Gasteiger charge is -2.16. The first-order valence-electron chi connectivity index (χ1n) is 5.80. The molecule has 0 amide bonds. The lowest BCUT2D eigenvalue weighted by molar-refractivity contribution is 0.192. The highest BCUT2D eigenvalue weighted by atomic mass is 79.9. The van der Waals surface area contributed by atoms with Crippen LogP contribution in [0.4, 0.5) is 5.69 Å². The SMILES string of the molecule is OC(CNc1ccc(Br)c(Cl)c1Cl)c1ccccc1Cl. The molecule has 0 radical (unpaired) electrons. The third kappa shape index (κ3) is 3.60. The minimum Gasteiger partial charge on any atom is -0.387 e. The van der Waals surface area contributed by atoms with Crippen LogP contribution in [0.5, 0.6) is 0 Å². The van der Waals surface area contributed by atoms with Crippen molar-refractivity contribution >= 4 is 56.4 Å². The van der Waals surface area contributed by atoms with Crippen molar-refractivity contribution in [3.63, 3.8) is 0 Å². The second-order valence-electron chi connectivity index (χ2n) is 4.14. The van der Waals surface area contributed by atoms with Crippen molar-refractivity contribution in [1.82, 2.24) is 0 Å². The second-order valence-corrected chi connectivity index (χ2v) is 6.16. The first kappa shape index (κ1) is 15.9. The molecule has 106 valence electrons. The normalized spacial score (nSPS) is 12.2. The van der Waals surface area contributed by atoms with Gasteiger partial charge in [-0.25, -0.2) is 0 Å². The molecular formula is C14H11BrCl3NO. The van der Waals surface area contributed by atoms with Crippen LogP contribution in [-0.2, 0) is 0 Å². The van der Waals surface area contributed by atoms with E-state index in [1.807, 2.05) is 12.1 Å². The fraction of sp³-hybridized carbons (Fsp3) is 0.143. The molecule has 2 aromatic rings. The van der Waals surface area contributed by atoms with E-state index in [9.17, 15) is 5.11 Å². The fourth-order valence-corrected chi connectivity index (χ4v) is 2.83. The molecule has 0 saturated carbocycles. The molecule has 0 aliphatic rings.